The first kappa shape index (κ1) is 20.4. The van der Waals surface area contributed by atoms with Gasteiger partial charge in [-0.05, 0) is 32.8 Å². The van der Waals surface area contributed by atoms with E-state index in [9.17, 15) is 14.4 Å². The summed E-state index contributed by atoms with van der Waals surface area (Å²) in [5.74, 6) is -0.951. The van der Waals surface area contributed by atoms with E-state index in [1.54, 1.807) is 19.1 Å². The van der Waals surface area contributed by atoms with Crippen LogP contribution in [0.1, 0.15) is 45.7 Å². The Hall–Kier alpha value is -2.89. The van der Waals surface area contributed by atoms with Crippen LogP contribution in [0.4, 0.5) is 4.79 Å². The van der Waals surface area contributed by atoms with Gasteiger partial charge in [-0.15, -0.1) is 0 Å². The first-order valence-corrected chi connectivity index (χ1v) is 9.04. The number of imide groups is 1. The summed E-state index contributed by atoms with van der Waals surface area (Å²) in [4.78, 5) is 40.4. The van der Waals surface area contributed by atoms with Gasteiger partial charge in [-0.25, -0.2) is 9.59 Å². The van der Waals surface area contributed by atoms with Gasteiger partial charge in [0.15, 0.2) is 0 Å². The molecular weight excluding hydrogens is 344 g/mol. The van der Waals surface area contributed by atoms with Gasteiger partial charge in [0, 0.05) is 19.7 Å². The van der Waals surface area contributed by atoms with Crippen LogP contribution in [0.3, 0.4) is 0 Å². The van der Waals surface area contributed by atoms with E-state index in [-0.39, 0.29) is 12.2 Å². The van der Waals surface area contributed by atoms with Crippen LogP contribution in [0.5, 0.6) is 0 Å². The van der Waals surface area contributed by atoms with Crippen molar-refractivity contribution in [3.05, 3.63) is 59.3 Å². The van der Waals surface area contributed by atoms with Gasteiger partial charge in [0.05, 0.1) is 12.2 Å². The highest BCUT2D eigenvalue weighted by Gasteiger charge is 2.41. The Morgan fingerprint density at radius 1 is 1.15 bits per heavy atom. The maximum absolute atomic E-state index is 13.0. The standard InChI is InChI=1S/C21H26N2O4/c1-5-27-20(25)18-14-22(13-9-10-15(2)3)21(26)23(16(4)24)19(18)17-11-7-6-8-12-17/h6-8,10-12,14,19H,5,9,13H2,1-4H3. The molecule has 0 saturated heterocycles. The molecule has 0 aliphatic carbocycles. The molecule has 1 heterocycles. The van der Waals surface area contributed by atoms with Crippen LogP contribution in [0.2, 0.25) is 0 Å². The summed E-state index contributed by atoms with van der Waals surface area (Å²) in [6.45, 7) is 7.59. The molecular formula is C21H26N2O4. The van der Waals surface area contributed by atoms with E-state index in [4.69, 9.17) is 4.74 Å². The summed E-state index contributed by atoms with van der Waals surface area (Å²) in [5, 5.41) is 0. The summed E-state index contributed by atoms with van der Waals surface area (Å²) in [6, 6.07) is 7.80. The number of amides is 3. The van der Waals surface area contributed by atoms with Crippen molar-refractivity contribution < 1.29 is 19.1 Å². The molecule has 6 heteroatoms. The van der Waals surface area contributed by atoms with Crippen LogP contribution in [0.15, 0.2) is 53.8 Å². The van der Waals surface area contributed by atoms with Crippen molar-refractivity contribution in [2.75, 3.05) is 13.2 Å². The predicted octanol–water partition coefficient (Wildman–Crippen LogP) is 3.82. The highest BCUT2D eigenvalue weighted by molar-refractivity contribution is 6.00. The first-order valence-electron chi connectivity index (χ1n) is 9.04. The molecule has 1 unspecified atom stereocenters. The number of carbonyl (C=O) groups excluding carboxylic acids is 3. The number of esters is 1. The molecule has 1 aliphatic rings. The number of benzene rings is 1. The van der Waals surface area contributed by atoms with Gasteiger partial charge in [0.1, 0.15) is 6.04 Å². The maximum Gasteiger partial charge on any atom is 0.337 e. The summed E-state index contributed by atoms with van der Waals surface area (Å²) < 4.78 is 5.19. The summed E-state index contributed by atoms with van der Waals surface area (Å²) in [5.41, 5.74) is 2.10. The number of hydrogen-bond acceptors (Lipinski definition) is 4. The molecule has 1 atom stereocenters. The molecule has 6 nitrogen and oxygen atoms in total. The SMILES string of the molecule is CCOC(=O)C1=CN(CCC=C(C)C)C(=O)N(C(C)=O)C1c1ccccc1. The average molecular weight is 370 g/mol. The monoisotopic (exact) mass is 370 g/mol. The average Bonchev–Trinajstić information content (AvgIpc) is 2.62. The molecule has 1 aliphatic heterocycles. The molecule has 3 amide bonds. The number of hydrogen-bond donors (Lipinski definition) is 0. The van der Waals surface area contributed by atoms with Crippen molar-refractivity contribution in [3.8, 4) is 0 Å². The highest BCUT2D eigenvalue weighted by Crippen LogP contribution is 2.34. The van der Waals surface area contributed by atoms with Crippen molar-refractivity contribution in [2.45, 2.75) is 40.2 Å². The number of carbonyl (C=O) groups is 3. The van der Waals surface area contributed by atoms with E-state index < -0.39 is 23.9 Å². The molecule has 0 N–H and O–H groups in total. The summed E-state index contributed by atoms with van der Waals surface area (Å²) in [7, 11) is 0. The molecule has 27 heavy (non-hydrogen) atoms. The largest absolute Gasteiger partial charge is 0.463 e. The second-order valence-electron chi connectivity index (χ2n) is 6.55. The van der Waals surface area contributed by atoms with Gasteiger partial charge in [0.25, 0.3) is 0 Å². The Morgan fingerprint density at radius 2 is 1.81 bits per heavy atom. The Morgan fingerprint density at radius 3 is 2.37 bits per heavy atom. The van der Waals surface area contributed by atoms with Gasteiger partial charge >= 0.3 is 12.0 Å². The van der Waals surface area contributed by atoms with Gasteiger partial charge in [-0.2, -0.15) is 0 Å². The molecule has 144 valence electrons. The van der Waals surface area contributed by atoms with E-state index in [1.165, 1.54) is 18.0 Å². The topological polar surface area (TPSA) is 66.9 Å². The fourth-order valence-electron chi connectivity index (χ4n) is 2.99. The van der Waals surface area contributed by atoms with Crippen LogP contribution in [0, 0.1) is 0 Å². The minimum Gasteiger partial charge on any atom is -0.463 e. The fraction of sp³-hybridized carbons (Fsp3) is 0.381. The fourth-order valence-corrected chi connectivity index (χ4v) is 2.99. The number of rotatable bonds is 6. The molecule has 2 rings (SSSR count). The Labute approximate surface area is 160 Å². The second kappa shape index (κ2) is 9.16. The minimum atomic E-state index is -0.796. The number of nitrogens with zero attached hydrogens (tertiary/aromatic N) is 2. The Bertz CT molecular complexity index is 764. The molecule has 0 saturated carbocycles. The molecule has 0 aromatic heterocycles. The van der Waals surface area contributed by atoms with Gasteiger partial charge in [-0.3, -0.25) is 14.6 Å². The van der Waals surface area contributed by atoms with Gasteiger partial charge in [0.2, 0.25) is 5.91 Å². The first-order chi connectivity index (χ1) is 12.9. The van der Waals surface area contributed by atoms with Crippen molar-refractivity contribution in [1.82, 2.24) is 9.80 Å². The molecule has 0 bridgehead atoms. The normalized spacial score (nSPS) is 16.7. The molecule has 0 spiro atoms. The zero-order chi connectivity index (χ0) is 20.0. The van der Waals surface area contributed by atoms with Crippen LogP contribution in [-0.2, 0) is 14.3 Å². The van der Waals surface area contributed by atoms with E-state index in [0.29, 0.717) is 18.5 Å². The number of urea groups is 1. The van der Waals surface area contributed by atoms with Crippen molar-refractivity contribution in [3.63, 3.8) is 0 Å². The van der Waals surface area contributed by atoms with E-state index in [0.717, 1.165) is 10.5 Å². The van der Waals surface area contributed by atoms with Gasteiger partial charge in [-0.1, -0.05) is 42.0 Å². The summed E-state index contributed by atoms with van der Waals surface area (Å²) >= 11 is 0. The lowest BCUT2D eigenvalue weighted by atomic mass is 9.95. The third-order valence-corrected chi connectivity index (χ3v) is 4.19. The van der Waals surface area contributed by atoms with Crippen molar-refractivity contribution in [2.24, 2.45) is 0 Å². The lowest BCUT2D eigenvalue weighted by Gasteiger charge is -2.38. The zero-order valence-electron chi connectivity index (χ0n) is 16.3. The second-order valence-corrected chi connectivity index (χ2v) is 6.55. The van der Waals surface area contributed by atoms with E-state index in [2.05, 4.69) is 0 Å². The van der Waals surface area contributed by atoms with Crippen LogP contribution < -0.4 is 0 Å². The van der Waals surface area contributed by atoms with Gasteiger partial charge < -0.3 is 4.74 Å². The zero-order valence-corrected chi connectivity index (χ0v) is 16.3. The third-order valence-electron chi connectivity index (χ3n) is 4.19. The lowest BCUT2D eigenvalue weighted by Crippen LogP contribution is -2.50. The molecule has 1 aromatic carbocycles. The maximum atomic E-state index is 13.0. The lowest BCUT2D eigenvalue weighted by molar-refractivity contribution is -0.140. The van der Waals surface area contributed by atoms with Crippen LogP contribution in [0.25, 0.3) is 0 Å². The van der Waals surface area contributed by atoms with E-state index >= 15 is 0 Å². The molecule has 0 radical (unpaired) electrons. The Kier molecular flexibility index (Phi) is 6.93. The van der Waals surface area contributed by atoms with Crippen molar-refractivity contribution >= 4 is 17.9 Å². The quantitative estimate of drug-likeness (QED) is 0.564. The van der Waals surface area contributed by atoms with E-state index in [1.807, 2.05) is 38.1 Å². The number of allylic oxidation sites excluding steroid dienone is 1. The van der Waals surface area contributed by atoms with Crippen molar-refractivity contribution in [1.29, 1.82) is 0 Å². The smallest absolute Gasteiger partial charge is 0.337 e. The predicted molar refractivity (Wildman–Crippen MR) is 103 cm³/mol. The van der Waals surface area contributed by atoms with Crippen LogP contribution >= 0.6 is 0 Å². The summed E-state index contributed by atoms with van der Waals surface area (Å²) in [6.07, 6.45) is 4.16. The minimum absolute atomic E-state index is 0.212. The number of ether oxygens (including phenoxy) is 1. The highest BCUT2D eigenvalue weighted by atomic mass is 16.5. The Balaban J connectivity index is 2.50. The molecule has 1 aromatic rings. The van der Waals surface area contributed by atoms with Crippen LogP contribution in [-0.4, -0.2) is 40.9 Å². The molecule has 0 fully saturated rings. The third kappa shape index (κ3) is 4.84.